The number of aliphatic carboxylic acids is 1. The zero-order chi connectivity index (χ0) is 10.6. The summed E-state index contributed by atoms with van der Waals surface area (Å²) < 4.78 is 6.73. The van der Waals surface area contributed by atoms with Crippen LogP contribution in [0.5, 0.6) is 0 Å². The Labute approximate surface area is 81.5 Å². The Morgan fingerprint density at radius 1 is 1.79 bits per heavy atom. The average Bonchev–Trinajstić information content (AvgIpc) is 2.60. The molecule has 0 aromatic carbocycles. The smallest absolute Gasteiger partial charge is 0.332 e. The highest BCUT2D eigenvalue weighted by Gasteiger charge is 2.12. The van der Waals surface area contributed by atoms with Crippen LogP contribution in [0.4, 0.5) is 0 Å². The third-order valence-corrected chi connectivity index (χ3v) is 1.81. The van der Waals surface area contributed by atoms with E-state index >= 15 is 0 Å². The van der Waals surface area contributed by atoms with E-state index in [1.165, 1.54) is 13.3 Å². The number of carboxylic acids is 1. The minimum absolute atomic E-state index is 0.168. The Morgan fingerprint density at radius 2 is 2.50 bits per heavy atom. The fourth-order valence-corrected chi connectivity index (χ4v) is 0.935. The fourth-order valence-electron chi connectivity index (χ4n) is 0.935. The van der Waals surface area contributed by atoms with Gasteiger partial charge < -0.3 is 9.84 Å². The zero-order valence-electron chi connectivity index (χ0n) is 8.17. The predicted octanol–water partition coefficient (Wildman–Crippen LogP) is 0.288. The summed E-state index contributed by atoms with van der Waals surface area (Å²) in [6, 6.07) is 0. The summed E-state index contributed by atoms with van der Waals surface area (Å²) in [6.07, 6.45) is 0.602. The van der Waals surface area contributed by atoms with Gasteiger partial charge in [-0.2, -0.15) is 5.10 Å². The van der Waals surface area contributed by atoms with Crippen molar-refractivity contribution in [2.45, 2.75) is 33.1 Å². The zero-order valence-corrected chi connectivity index (χ0v) is 8.17. The van der Waals surface area contributed by atoms with Crippen molar-refractivity contribution in [3.8, 4) is 0 Å². The van der Waals surface area contributed by atoms with E-state index in [0.717, 1.165) is 0 Å². The van der Waals surface area contributed by atoms with Crippen LogP contribution in [-0.4, -0.2) is 31.9 Å². The maximum absolute atomic E-state index is 10.4. The molecule has 6 heteroatoms. The Morgan fingerprint density at radius 3 is 3.07 bits per heavy atom. The van der Waals surface area contributed by atoms with E-state index in [1.54, 1.807) is 4.68 Å². The Bertz CT molecular complexity index is 311. The summed E-state index contributed by atoms with van der Waals surface area (Å²) in [5, 5.41) is 12.5. The summed E-state index contributed by atoms with van der Waals surface area (Å²) in [6.45, 7) is 4.27. The minimum Gasteiger partial charge on any atom is -0.479 e. The quantitative estimate of drug-likeness (QED) is 0.737. The number of aromatic nitrogens is 3. The molecule has 1 unspecified atom stereocenters. The van der Waals surface area contributed by atoms with Gasteiger partial charge in [-0.05, 0) is 13.8 Å². The van der Waals surface area contributed by atoms with Crippen LogP contribution in [0.25, 0.3) is 0 Å². The van der Waals surface area contributed by atoms with Crippen molar-refractivity contribution in [3.05, 3.63) is 12.2 Å². The van der Waals surface area contributed by atoms with Gasteiger partial charge in [0.2, 0.25) is 0 Å². The molecule has 78 valence electrons. The SMILES string of the molecule is CCn1ncnc1COC(C)C(=O)O. The normalized spacial score (nSPS) is 12.7. The second-order valence-electron chi connectivity index (χ2n) is 2.78. The molecule has 0 aliphatic carbocycles. The van der Waals surface area contributed by atoms with Crippen molar-refractivity contribution in [1.82, 2.24) is 14.8 Å². The molecule has 0 spiro atoms. The lowest BCUT2D eigenvalue weighted by atomic mass is 10.4. The molecule has 0 bridgehead atoms. The number of hydrogen-bond acceptors (Lipinski definition) is 4. The highest BCUT2D eigenvalue weighted by Crippen LogP contribution is 2.00. The van der Waals surface area contributed by atoms with E-state index in [9.17, 15) is 4.79 Å². The van der Waals surface area contributed by atoms with Crippen molar-refractivity contribution in [2.75, 3.05) is 0 Å². The van der Waals surface area contributed by atoms with Gasteiger partial charge >= 0.3 is 5.97 Å². The van der Waals surface area contributed by atoms with E-state index in [-0.39, 0.29) is 6.61 Å². The van der Waals surface area contributed by atoms with E-state index in [2.05, 4.69) is 10.1 Å². The van der Waals surface area contributed by atoms with Crippen LogP contribution in [0.2, 0.25) is 0 Å². The molecular weight excluding hydrogens is 186 g/mol. The Hall–Kier alpha value is -1.43. The first-order chi connectivity index (χ1) is 6.65. The van der Waals surface area contributed by atoms with Gasteiger partial charge in [-0.25, -0.2) is 14.5 Å². The van der Waals surface area contributed by atoms with Crippen LogP contribution in [0.1, 0.15) is 19.7 Å². The van der Waals surface area contributed by atoms with Gasteiger partial charge in [0.15, 0.2) is 11.9 Å². The molecule has 0 fully saturated rings. The lowest BCUT2D eigenvalue weighted by Crippen LogP contribution is -2.20. The molecule has 0 aliphatic rings. The lowest BCUT2D eigenvalue weighted by molar-refractivity contribution is -0.150. The van der Waals surface area contributed by atoms with E-state index in [4.69, 9.17) is 9.84 Å². The molecule has 1 aromatic heterocycles. The first-order valence-electron chi connectivity index (χ1n) is 4.36. The number of carbonyl (C=O) groups is 1. The average molecular weight is 199 g/mol. The first kappa shape index (κ1) is 10.6. The molecule has 0 saturated heterocycles. The third-order valence-electron chi connectivity index (χ3n) is 1.81. The van der Waals surface area contributed by atoms with Gasteiger partial charge in [-0.1, -0.05) is 0 Å². The highest BCUT2D eigenvalue weighted by atomic mass is 16.5. The molecule has 0 aliphatic heterocycles. The minimum atomic E-state index is -0.979. The van der Waals surface area contributed by atoms with E-state index in [1.807, 2.05) is 6.92 Å². The van der Waals surface area contributed by atoms with Gasteiger partial charge in [0.05, 0.1) is 0 Å². The van der Waals surface area contributed by atoms with Crippen LogP contribution in [0.3, 0.4) is 0 Å². The van der Waals surface area contributed by atoms with Gasteiger partial charge in [0.25, 0.3) is 0 Å². The molecule has 1 N–H and O–H groups in total. The fraction of sp³-hybridized carbons (Fsp3) is 0.625. The number of nitrogens with zero attached hydrogens (tertiary/aromatic N) is 3. The summed E-state index contributed by atoms with van der Waals surface area (Å²) in [7, 11) is 0. The number of ether oxygens (including phenoxy) is 1. The van der Waals surface area contributed by atoms with Crippen LogP contribution in [0, 0.1) is 0 Å². The summed E-state index contributed by atoms with van der Waals surface area (Å²) in [4.78, 5) is 14.4. The molecule has 6 nitrogen and oxygen atoms in total. The largest absolute Gasteiger partial charge is 0.479 e. The second-order valence-corrected chi connectivity index (χ2v) is 2.78. The van der Waals surface area contributed by atoms with Gasteiger partial charge in [0, 0.05) is 6.54 Å². The predicted molar refractivity (Wildman–Crippen MR) is 47.6 cm³/mol. The van der Waals surface area contributed by atoms with E-state index in [0.29, 0.717) is 12.4 Å². The van der Waals surface area contributed by atoms with Crippen LogP contribution >= 0.6 is 0 Å². The molecule has 0 amide bonds. The monoisotopic (exact) mass is 199 g/mol. The van der Waals surface area contributed by atoms with Crippen LogP contribution in [0.15, 0.2) is 6.33 Å². The standard InChI is InChI=1S/C8H13N3O3/c1-3-11-7(9-5-10-11)4-14-6(2)8(12)13/h5-6H,3-4H2,1-2H3,(H,12,13). The molecule has 0 saturated carbocycles. The number of rotatable bonds is 5. The van der Waals surface area contributed by atoms with Gasteiger partial charge in [-0.3, -0.25) is 0 Å². The Balaban J connectivity index is 2.49. The molecular formula is C8H13N3O3. The topological polar surface area (TPSA) is 77.2 Å². The second kappa shape index (κ2) is 4.71. The molecule has 1 rings (SSSR count). The van der Waals surface area contributed by atoms with Crippen LogP contribution < -0.4 is 0 Å². The van der Waals surface area contributed by atoms with Crippen molar-refractivity contribution >= 4 is 5.97 Å². The number of carboxylic acid groups (broad SMARTS) is 1. The van der Waals surface area contributed by atoms with Crippen molar-refractivity contribution < 1.29 is 14.6 Å². The molecule has 1 heterocycles. The highest BCUT2D eigenvalue weighted by molar-refractivity contribution is 5.71. The maximum Gasteiger partial charge on any atom is 0.332 e. The van der Waals surface area contributed by atoms with Crippen molar-refractivity contribution in [2.24, 2.45) is 0 Å². The summed E-state index contributed by atoms with van der Waals surface area (Å²) >= 11 is 0. The number of aryl methyl sites for hydroxylation is 1. The van der Waals surface area contributed by atoms with Gasteiger partial charge in [-0.15, -0.1) is 0 Å². The third kappa shape index (κ3) is 2.53. The molecule has 1 atom stereocenters. The molecule has 1 aromatic rings. The maximum atomic E-state index is 10.4. The first-order valence-corrected chi connectivity index (χ1v) is 4.36. The van der Waals surface area contributed by atoms with E-state index < -0.39 is 12.1 Å². The number of hydrogen-bond donors (Lipinski definition) is 1. The molecule has 0 radical (unpaired) electrons. The summed E-state index contributed by atoms with van der Waals surface area (Å²) in [5.74, 6) is -0.340. The summed E-state index contributed by atoms with van der Waals surface area (Å²) in [5.41, 5.74) is 0. The molecule has 14 heavy (non-hydrogen) atoms. The van der Waals surface area contributed by atoms with Crippen LogP contribution in [-0.2, 0) is 22.7 Å². The van der Waals surface area contributed by atoms with Gasteiger partial charge in [0.1, 0.15) is 12.9 Å². The van der Waals surface area contributed by atoms with Crippen molar-refractivity contribution in [3.63, 3.8) is 0 Å². The lowest BCUT2D eigenvalue weighted by Gasteiger charge is -2.07. The van der Waals surface area contributed by atoms with Crippen molar-refractivity contribution in [1.29, 1.82) is 0 Å². The Kier molecular flexibility index (Phi) is 3.58.